The van der Waals surface area contributed by atoms with Crippen LogP contribution in [0.1, 0.15) is 32.4 Å². The van der Waals surface area contributed by atoms with Gasteiger partial charge in [-0.3, -0.25) is 9.59 Å². The molecular weight excluding hydrogens is 370 g/mol. The third-order valence-electron chi connectivity index (χ3n) is 4.50. The van der Waals surface area contributed by atoms with E-state index >= 15 is 0 Å². The van der Waals surface area contributed by atoms with Crippen molar-refractivity contribution in [1.29, 1.82) is 0 Å². The number of fused-ring (bicyclic) bond motifs is 1. The van der Waals surface area contributed by atoms with Crippen molar-refractivity contribution in [2.75, 3.05) is 13.2 Å². The number of nitrogens with one attached hydrogen (secondary N) is 1. The van der Waals surface area contributed by atoms with E-state index in [1.54, 1.807) is 18.3 Å². The molecule has 1 aromatic heterocycles. The molecule has 0 saturated carbocycles. The fourth-order valence-electron chi connectivity index (χ4n) is 3.08. The smallest absolute Gasteiger partial charge is 0.275 e. The van der Waals surface area contributed by atoms with Crippen LogP contribution in [0, 0.1) is 0 Å². The van der Waals surface area contributed by atoms with Crippen molar-refractivity contribution in [2.24, 2.45) is 0 Å². The molecule has 1 N–H and O–H groups in total. The highest BCUT2D eigenvalue weighted by Crippen LogP contribution is 2.30. The Morgan fingerprint density at radius 1 is 1.10 bits per heavy atom. The van der Waals surface area contributed by atoms with Crippen molar-refractivity contribution in [3.8, 4) is 11.5 Å². The molecule has 0 saturated heterocycles. The van der Waals surface area contributed by atoms with Crippen molar-refractivity contribution in [1.82, 2.24) is 15.1 Å². The van der Waals surface area contributed by atoms with E-state index in [4.69, 9.17) is 9.47 Å². The molecule has 7 nitrogen and oxygen atoms in total. The van der Waals surface area contributed by atoms with Crippen LogP contribution in [-0.4, -0.2) is 28.9 Å². The van der Waals surface area contributed by atoms with Gasteiger partial charge in [-0.1, -0.05) is 24.3 Å². The second-order valence-electron chi connectivity index (χ2n) is 6.56. The Labute approximate surface area is 169 Å². The number of rotatable bonds is 8. The average molecular weight is 395 g/mol. The maximum atomic E-state index is 12.5. The largest absolute Gasteiger partial charge is 0.490 e. The Hall–Kier alpha value is -3.35. The summed E-state index contributed by atoms with van der Waals surface area (Å²) in [5.41, 5.74) is 0.592. The molecule has 0 aliphatic heterocycles. The molecule has 0 bridgehead atoms. The number of amides is 1. The van der Waals surface area contributed by atoms with Crippen LogP contribution in [-0.2, 0) is 11.3 Å². The molecule has 152 valence electrons. The molecule has 29 heavy (non-hydrogen) atoms. The molecule has 1 atom stereocenters. The van der Waals surface area contributed by atoms with Crippen LogP contribution in [0.3, 0.4) is 0 Å². The van der Waals surface area contributed by atoms with Gasteiger partial charge in [-0.15, -0.1) is 0 Å². The fraction of sp³-hybridized carbons (Fsp3) is 0.318. The topological polar surface area (TPSA) is 82.5 Å². The van der Waals surface area contributed by atoms with E-state index in [1.165, 1.54) is 4.68 Å². The maximum Gasteiger partial charge on any atom is 0.275 e. The summed E-state index contributed by atoms with van der Waals surface area (Å²) in [4.78, 5) is 25.0. The van der Waals surface area contributed by atoms with Crippen LogP contribution in [0.2, 0.25) is 0 Å². The standard InChI is InChI=1S/C22H25N3O4/c1-4-28-19-11-10-16(12-20(19)29-5-2)15(3)24-21(26)14-25-22(27)18-9-7-6-8-17(18)13-23-25/h6-13,15H,4-5,14H2,1-3H3,(H,24,26)/t15-/m0/s1. The van der Waals surface area contributed by atoms with Crippen LogP contribution >= 0.6 is 0 Å². The molecule has 0 aliphatic carbocycles. The van der Waals surface area contributed by atoms with Crippen LogP contribution in [0.5, 0.6) is 11.5 Å². The summed E-state index contributed by atoms with van der Waals surface area (Å²) in [5.74, 6) is 1.01. The van der Waals surface area contributed by atoms with Gasteiger partial charge in [-0.2, -0.15) is 5.10 Å². The highest BCUT2D eigenvalue weighted by atomic mass is 16.5. The van der Waals surface area contributed by atoms with E-state index in [2.05, 4.69) is 10.4 Å². The Morgan fingerprint density at radius 2 is 1.83 bits per heavy atom. The number of hydrogen-bond donors (Lipinski definition) is 1. The summed E-state index contributed by atoms with van der Waals surface area (Å²) in [6, 6.07) is 12.5. The van der Waals surface area contributed by atoms with E-state index in [-0.39, 0.29) is 24.1 Å². The van der Waals surface area contributed by atoms with Crippen molar-refractivity contribution < 1.29 is 14.3 Å². The second kappa shape index (κ2) is 9.23. The molecule has 1 amide bonds. The second-order valence-corrected chi connectivity index (χ2v) is 6.56. The van der Waals surface area contributed by atoms with E-state index < -0.39 is 0 Å². The third-order valence-corrected chi connectivity index (χ3v) is 4.50. The Morgan fingerprint density at radius 3 is 2.59 bits per heavy atom. The van der Waals surface area contributed by atoms with Crippen LogP contribution in [0.4, 0.5) is 0 Å². The van der Waals surface area contributed by atoms with Crippen molar-refractivity contribution >= 4 is 16.7 Å². The Bertz CT molecular complexity index is 1060. The summed E-state index contributed by atoms with van der Waals surface area (Å²) in [5, 5.41) is 8.30. The Kier molecular flexibility index (Phi) is 6.49. The molecule has 0 radical (unpaired) electrons. The quantitative estimate of drug-likeness (QED) is 0.634. The van der Waals surface area contributed by atoms with E-state index in [1.807, 2.05) is 51.1 Å². The first-order chi connectivity index (χ1) is 14.0. The number of aromatic nitrogens is 2. The van der Waals surface area contributed by atoms with Gasteiger partial charge in [0.1, 0.15) is 6.54 Å². The predicted molar refractivity (Wildman–Crippen MR) is 111 cm³/mol. The van der Waals surface area contributed by atoms with Crippen molar-refractivity contribution in [3.63, 3.8) is 0 Å². The molecule has 0 unspecified atom stereocenters. The average Bonchev–Trinajstić information content (AvgIpc) is 2.72. The Balaban J connectivity index is 1.73. The number of carbonyl (C=O) groups excluding carboxylic acids is 1. The number of nitrogens with zero attached hydrogens (tertiary/aromatic N) is 2. The van der Waals surface area contributed by atoms with Gasteiger partial charge >= 0.3 is 0 Å². The zero-order valence-electron chi connectivity index (χ0n) is 16.8. The lowest BCUT2D eigenvalue weighted by Gasteiger charge is -2.17. The van der Waals surface area contributed by atoms with Crippen molar-refractivity contribution in [3.05, 3.63) is 64.6 Å². The molecule has 3 aromatic rings. The zero-order chi connectivity index (χ0) is 20.8. The van der Waals surface area contributed by atoms with Gasteiger partial charge in [-0.25, -0.2) is 4.68 Å². The number of benzene rings is 2. The van der Waals surface area contributed by atoms with Crippen LogP contribution < -0.4 is 20.3 Å². The first-order valence-corrected chi connectivity index (χ1v) is 9.67. The molecule has 7 heteroatoms. The molecule has 2 aromatic carbocycles. The first kappa shape index (κ1) is 20.4. The van der Waals surface area contributed by atoms with Gasteiger partial charge in [0.25, 0.3) is 5.56 Å². The van der Waals surface area contributed by atoms with Gasteiger partial charge in [0.05, 0.1) is 30.8 Å². The third kappa shape index (κ3) is 4.74. The lowest BCUT2D eigenvalue weighted by molar-refractivity contribution is -0.122. The lowest BCUT2D eigenvalue weighted by atomic mass is 10.1. The monoisotopic (exact) mass is 395 g/mol. The van der Waals surface area contributed by atoms with E-state index in [0.717, 1.165) is 10.9 Å². The van der Waals surface area contributed by atoms with Gasteiger partial charge in [0.15, 0.2) is 11.5 Å². The molecule has 1 heterocycles. The minimum absolute atomic E-state index is 0.149. The zero-order valence-corrected chi connectivity index (χ0v) is 16.8. The maximum absolute atomic E-state index is 12.5. The lowest BCUT2D eigenvalue weighted by Crippen LogP contribution is -2.34. The minimum Gasteiger partial charge on any atom is -0.490 e. The van der Waals surface area contributed by atoms with Crippen LogP contribution in [0.15, 0.2) is 53.5 Å². The molecule has 0 aliphatic rings. The number of hydrogen-bond acceptors (Lipinski definition) is 5. The predicted octanol–water partition coefficient (Wildman–Crippen LogP) is 3.07. The van der Waals surface area contributed by atoms with Crippen LogP contribution in [0.25, 0.3) is 10.8 Å². The molecule has 3 rings (SSSR count). The normalized spacial score (nSPS) is 11.8. The van der Waals surface area contributed by atoms with E-state index in [9.17, 15) is 9.59 Å². The highest BCUT2D eigenvalue weighted by Gasteiger charge is 2.15. The molecule has 0 spiro atoms. The van der Waals surface area contributed by atoms with E-state index in [0.29, 0.717) is 30.1 Å². The molecule has 0 fully saturated rings. The summed E-state index contributed by atoms with van der Waals surface area (Å²) >= 11 is 0. The summed E-state index contributed by atoms with van der Waals surface area (Å²) in [7, 11) is 0. The summed E-state index contributed by atoms with van der Waals surface area (Å²) in [6.45, 7) is 6.60. The molecular formula is C22H25N3O4. The summed E-state index contributed by atoms with van der Waals surface area (Å²) < 4.78 is 12.4. The minimum atomic E-state index is -0.297. The van der Waals surface area contributed by atoms with Gasteiger partial charge in [0.2, 0.25) is 5.91 Å². The fourth-order valence-corrected chi connectivity index (χ4v) is 3.08. The number of ether oxygens (including phenoxy) is 2. The highest BCUT2D eigenvalue weighted by molar-refractivity contribution is 5.81. The van der Waals surface area contributed by atoms with Gasteiger partial charge in [0, 0.05) is 5.39 Å². The first-order valence-electron chi connectivity index (χ1n) is 9.67. The number of carbonyl (C=O) groups is 1. The van der Waals surface area contributed by atoms with Gasteiger partial charge < -0.3 is 14.8 Å². The van der Waals surface area contributed by atoms with Crippen molar-refractivity contribution in [2.45, 2.75) is 33.4 Å². The SMILES string of the molecule is CCOc1ccc([C@H](C)NC(=O)Cn2ncc3ccccc3c2=O)cc1OCC. The summed E-state index contributed by atoms with van der Waals surface area (Å²) in [6.07, 6.45) is 1.59. The van der Waals surface area contributed by atoms with Gasteiger partial charge in [-0.05, 0) is 44.5 Å².